The van der Waals surface area contributed by atoms with Crippen LogP contribution in [0.4, 0.5) is 5.69 Å². The van der Waals surface area contributed by atoms with E-state index in [4.69, 9.17) is 16.2 Å². The molecule has 9 nitrogen and oxygen atoms in total. The van der Waals surface area contributed by atoms with Crippen LogP contribution in [0.2, 0.25) is 0 Å². The van der Waals surface area contributed by atoms with Gasteiger partial charge in [-0.25, -0.2) is 0 Å². The van der Waals surface area contributed by atoms with E-state index in [0.717, 1.165) is 11.1 Å². The van der Waals surface area contributed by atoms with Gasteiger partial charge in [0.1, 0.15) is 11.3 Å². The third-order valence-electron chi connectivity index (χ3n) is 6.00. The Bertz CT molecular complexity index is 1380. The highest BCUT2D eigenvalue weighted by atomic mass is 16.5. The van der Waals surface area contributed by atoms with Crippen molar-refractivity contribution in [2.75, 3.05) is 19.5 Å². The molecular formula is C28H32N6O3. The molecule has 6 N–H and O–H groups in total. The first kappa shape index (κ1) is 27.1. The summed E-state index contributed by atoms with van der Waals surface area (Å²) < 4.78 is 5.48. The maximum atomic E-state index is 13.0. The largest absolute Gasteiger partial charge is 0.404 e. The first-order valence-electron chi connectivity index (χ1n) is 11.6. The second-order valence-corrected chi connectivity index (χ2v) is 8.86. The minimum Gasteiger partial charge on any atom is -0.404 e. The molecule has 0 fully saturated rings. The van der Waals surface area contributed by atoms with Crippen molar-refractivity contribution in [3.8, 4) is 0 Å². The maximum absolute atomic E-state index is 13.0. The average molecular weight is 501 g/mol. The number of carbonyl (C=O) groups excluding carboxylic acids is 2. The number of hydrogen-bond acceptors (Lipinski definition) is 7. The van der Waals surface area contributed by atoms with Crippen molar-refractivity contribution in [3.63, 3.8) is 0 Å². The highest BCUT2D eigenvalue weighted by Gasteiger charge is 2.22. The Hall–Kier alpha value is -4.50. The van der Waals surface area contributed by atoms with E-state index in [2.05, 4.69) is 20.6 Å². The van der Waals surface area contributed by atoms with Crippen LogP contribution in [0, 0.1) is 6.92 Å². The molecule has 0 spiro atoms. The molecule has 0 aliphatic carbocycles. The molecule has 3 rings (SSSR count). The summed E-state index contributed by atoms with van der Waals surface area (Å²) in [6.07, 6.45) is 6.26. The summed E-state index contributed by atoms with van der Waals surface area (Å²) in [5.41, 5.74) is 17.1. The maximum Gasteiger partial charge on any atom is 0.269 e. The molecule has 2 amide bonds. The summed E-state index contributed by atoms with van der Waals surface area (Å²) in [4.78, 5) is 33.4. The summed E-state index contributed by atoms with van der Waals surface area (Å²) in [6, 6.07) is 12.2. The molecule has 192 valence electrons. The number of methoxy groups -OCH3 is 1. The predicted molar refractivity (Wildman–Crippen MR) is 145 cm³/mol. The van der Waals surface area contributed by atoms with Crippen molar-refractivity contribution in [2.45, 2.75) is 26.4 Å². The summed E-state index contributed by atoms with van der Waals surface area (Å²) in [7, 11) is 3.14. The van der Waals surface area contributed by atoms with E-state index in [9.17, 15) is 9.59 Å². The topological polar surface area (TPSA) is 145 Å². The van der Waals surface area contributed by atoms with Crippen LogP contribution in [0.25, 0.3) is 11.3 Å². The fourth-order valence-corrected chi connectivity index (χ4v) is 3.55. The third kappa shape index (κ3) is 6.39. The number of allylic oxidation sites excluding steroid dienone is 2. The number of aromatic nitrogens is 2. The van der Waals surface area contributed by atoms with Crippen LogP contribution in [0.15, 0.2) is 67.1 Å². The Labute approximate surface area is 216 Å². The van der Waals surface area contributed by atoms with Gasteiger partial charge in [-0.1, -0.05) is 6.07 Å². The first-order chi connectivity index (χ1) is 17.6. The molecular weight excluding hydrogens is 468 g/mol. The van der Waals surface area contributed by atoms with Gasteiger partial charge in [0.15, 0.2) is 0 Å². The van der Waals surface area contributed by atoms with Gasteiger partial charge in [0.2, 0.25) is 0 Å². The third-order valence-corrected chi connectivity index (χ3v) is 6.00. The van der Waals surface area contributed by atoms with E-state index >= 15 is 0 Å². The number of nitrogens with zero attached hydrogens (tertiary/aromatic N) is 2. The molecule has 37 heavy (non-hydrogen) atoms. The van der Waals surface area contributed by atoms with E-state index in [1.807, 2.05) is 32.9 Å². The van der Waals surface area contributed by atoms with Crippen molar-refractivity contribution in [3.05, 3.63) is 101 Å². The summed E-state index contributed by atoms with van der Waals surface area (Å²) in [5, 5.41) is 5.47. The number of aryl methyl sites for hydroxylation is 1. The van der Waals surface area contributed by atoms with Crippen molar-refractivity contribution < 1.29 is 14.3 Å². The smallest absolute Gasteiger partial charge is 0.269 e. The average Bonchev–Trinajstić information content (AvgIpc) is 2.92. The molecule has 0 saturated carbocycles. The number of carbonyl (C=O) groups is 2. The molecule has 0 saturated heterocycles. The number of amides is 2. The number of ether oxygens (including phenoxy) is 1. The molecule has 0 atom stereocenters. The second kappa shape index (κ2) is 11.5. The van der Waals surface area contributed by atoms with Gasteiger partial charge in [-0.05, 0) is 79.9 Å². The van der Waals surface area contributed by atoms with Crippen LogP contribution >= 0.6 is 0 Å². The van der Waals surface area contributed by atoms with E-state index in [1.165, 1.54) is 19.4 Å². The molecule has 0 radical (unpaired) electrons. The summed E-state index contributed by atoms with van der Waals surface area (Å²) >= 11 is 0. The highest BCUT2D eigenvalue weighted by Crippen LogP contribution is 2.25. The fourth-order valence-electron chi connectivity index (χ4n) is 3.55. The molecule has 9 heteroatoms. The lowest BCUT2D eigenvalue weighted by molar-refractivity contribution is 0.0154. The van der Waals surface area contributed by atoms with E-state index in [1.54, 1.807) is 49.7 Å². The number of rotatable bonds is 8. The Kier molecular flexibility index (Phi) is 8.41. The Morgan fingerprint density at radius 1 is 1.00 bits per heavy atom. The number of anilines is 1. The highest BCUT2D eigenvalue weighted by molar-refractivity contribution is 6.04. The lowest BCUT2D eigenvalue weighted by Crippen LogP contribution is -2.22. The number of benzene rings is 1. The molecule has 3 aromatic rings. The Morgan fingerprint density at radius 2 is 1.70 bits per heavy atom. The SMILES string of the molecule is CNC(=O)c1cc(C(/C=C(\N)c2cc(NC(=O)c3ccnc(C(C)(C)OC)c3)ccc2C)=C/N)ccn1. The standard InChI is InChI=1S/C28H32N6O3/c1-17-6-7-21(34-26(35)19-9-11-33-25(14-19)28(2,3)37-5)15-22(17)23(30)12-20(16-29)18-8-10-32-24(13-18)27(36)31-4/h6-16H,29-30H2,1-5H3,(H,31,36)(H,34,35)/b20-16+,23-12-. The zero-order valence-electron chi connectivity index (χ0n) is 21.6. The second-order valence-electron chi connectivity index (χ2n) is 8.86. The van der Waals surface area contributed by atoms with E-state index in [0.29, 0.717) is 33.8 Å². The molecule has 0 unspecified atom stereocenters. The number of hydrogen-bond donors (Lipinski definition) is 4. The van der Waals surface area contributed by atoms with E-state index in [-0.39, 0.29) is 17.5 Å². The van der Waals surface area contributed by atoms with Crippen LogP contribution in [0.3, 0.4) is 0 Å². The van der Waals surface area contributed by atoms with E-state index < -0.39 is 5.60 Å². The molecule has 0 aliphatic heterocycles. The van der Waals surface area contributed by atoms with Crippen LogP contribution in [-0.4, -0.2) is 35.9 Å². The minimum absolute atomic E-state index is 0.264. The van der Waals surface area contributed by atoms with Gasteiger partial charge in [-0.3, -0.25) is 19.6 Å². The van der Waals surface area contributed by atoms with Gasteiger partial charge < -0.3 is 26.8 Å². The van der Waals surface area contributed by atoms with Crippen molar-refractivity contribution >= 4 is 28.8 Å². The summed E-state index contributed by atoms with van der Waals surface area (Å²) in [6.45, 7) is 5.69. The molecule has 2 aromatic heterocycles. The van der Waals surface area contributed by atoms with Crippen LogP contribution in [0.5, 0.6) is 0 Å². The van der Waals surface area contributed by atoms with Gasteiger partial charge in [0, 0.05) is 55.3 Å². The molecule has 1 aromatic carbocycles. The monoisotopic (exact) mass is 500 g/mol. The normalized spacial score (nSPS) is 12.2. The molecule has 0 aliphatic rings. The predicted octanol–water partition coefficient (Wildman–Crippen LogP) is 3.58. The van der Waals surface area contributed by atoms with Crippen LogP contribution in [0.1, 0.15) is 57.1 Å². The molecule has 0 bridgehead atoms. The zero-order chi connectivity index (χ0) is 27.2. The van der Waals surface area contributed by atoms with Crippen molar-refractivity contribution in [1.29, 1.82) is 0 Å². The van der Waals surface area contributed by atoms with Gasteiger partial charge in [-0.15, -0.1) is 0 Å². The lowest BCUT2D eigenvalue weighted by Gasteiger charge is -2.22. The zero-order valence-corrected chi connectivity index (χ0v) is 21.6. The Balaban J connectivity index is 1.88. The Morgan fingerprint density at radius 3 is 2.38 bits per heavy atom. The minimum atomic E-state index is -0.628. The van der Waals surface area contributed by atoms with Crippen LogP contribution in [-0.2, 0) is 10.3 Å². The number of nitrogens with two attached hydrogens (primary N) is 2. The van der Waals surface area contributed by atoms with Gasteiger partial charge in [0.25, 0.3) is 11.8 Å². The van der Waals surface area contributed by atoms with Crippen molar-refractivity contribution in [2.24, 2.45) is 11.5 Å². The molecule has 2 heterocycles. The number of nitrogens with one attached hydrogen (secondary N) is 2. The van der Waals surface area contributed by atoms with Crippen LogP contribution < -0.4 is 22.1 Å². The van der Waals surface area contributed by atoms with Gasteiger partial charge in [0.05, 0.1) is 5.69 Å². The lowest BCUT2D eigenvalue weighted by atomic mass is 10.00. The quantitative estimate of drug-likeness (QED) is 0.346. The number of pyridine rings is 2. The van der Waals surface area contributed by atoms with Gasteiger partial charge in [-0.2, -0.15) is 0 Å². The fraction of sp³-hybridized carbons (Fsp3) is 0.214. The van der Waals surface area contributed by atoms with Crippen molar-refractivity contribution in [1.82, 2.24) is 15.3 Å². The summed E-state index contributed by atoms with van der Waals surface area (Å²) in [5.74, 6) is -0.587. The first-order valence-corrected chi connectivity index (χ1v) is 11.6. The van der Waals surface area contributed by atoms with Gasteiger partial charge >= 0.3 is 0 Å².